The molecule has 4 heteroatoms. The number of rotatable bonds is 4. The quantitative estimate of drug-likeness (QED) is 0.434. The van der Waals surface area contributed by atoms with Crippen molar-refractivity contribution in [3.63, 3.8) is 0 Å². The van der Waals surface area contributed by atoms with Gasteiger partial charge in [-0.05, 0) is 72.3 Å². The van der Waals surface area contributed by atoms with Crippen molar-refractivity contribution in [1.29, 1.82) is 0 Å². The van der Waals surface area contributed by atoms with Crippen molar-refractivity contribution in [1.82, 2.24) is 4.90 Å². The van der Waals surface area contributed by atoms with Gasteiger partial charge in [0, 0.05) is 29.6 Å². The van der Waals surface area contributed by atoms with Gasteiger partial charge >= 0.3 is 0 Å². The number of ether oxygens (including phenoxy) is 1. The van der Waals surface area contributed by atoms with Crippen LogP contribution in [0.3, 0.4) is 0 Å². The third kappa shape index (κ3) is 3.84. The van der Waals surface area contributed by atoms with Gasteiger partial charge in [-0.15, -0.1) is 0 Å². The number of carbonyl (C=O) groups is 1. The van der Waals surface area contributed by atoms with Crippen LogP contribution in [0.5, 0.6) is 17.2 Å². The summed E-state index contributed by atoms with van der Waals surface area (Å²) in [5, 5.41) is 11.7. The Bertz CT molecular complexity index is 1230. The highest BCUT2D eigenvalue weighted by molar-refractivity contribution is 5.97. The number of likely N-dealkylation sites (tertiary alicyclic amines) is 1. The molecule has 1 saturated heterocycles. The van der Waals surface area contributed by atoms with Crippen LogP contribution < -0.4 is 4.74 Å². The van der Waals surface area contributed by atoms with Crippen LogP contribution >= 0.6 is 0 Å². The predicted molar refractivity (Wildman–Crippen MR) is 123 cm³/mol. The normalized spacial score (nSPS) is 13.5. The monoisotopic (exact) mass is 409 g/mol. The zero-order chi connectivity index (χ0) is 21.2. The van der Waals surface area contributed by atoms with Gasteiger partial charge in [0.25, 0.3) is 5.91 Å². The fraction of sp³-hybridized carbons (Fsp3) is 0.148. The number of fused-ring (bicyclic) bond motifs is 1. The van der Waals surface area contributed by atoms with Crippen molar-refractivity contribution in [3.05, 3.63) is 90.5 Å². The molecule has 1 fully saturated rings. The van der Waals surface area contributed by atoms with Gasteiger partial charge in [-0.1, -0.05) is 36.4 Å². The average Bonchev–Trinajstić information content (AvgIpc) is 3.34. The minimum atomic E-state index is 0.0961. The first-order chi connectivity index (χ1) is 15.2. The molecule has 1 N–H and O–H groups in total. The summed E-state index contributed by atoms with van der Waals surface area (Å²) in [6.45, 7) is 1.68. The lowest BCUT2D eigenvalue weighted by atomic mass is 9.98. The Morgan fingerprint density at radius 1 is 0.839 bits per heavy atom. The standard InChI is InChI=1S/C27H23NO3/c29-22-13-15-25-21(18-22)12-14-24(26(25)31-23-6-2-1-3-7-23)19-8-10-20(11-9-19)27(30)28-16-4-5-17-28/h1-3,6-15,18,29H,4-5,16-17H2. The number of phenolic OH excluding ortho intramolecular Hbond substituents is 1. The van der Waals surface area contributed by atoms with E-state index in [-0.39, 0.29) is 11.7 Å². The van der Waals surface area contributed by atoms with Crippen LogP contribution in [0.1, 0.15) is 23.2 Å². The first-order valence-electron chi connectivity index (χ1n) is 10.6. The van der Waals surface area contributed by atoms with Crippen molar-refractivity contribution in [2.75, 3.05) is 13.1 Å². The molecule has 0 aliphatic carbocycles. The van der Waals surface area contributed by atoms with E-state index in [1.54, 1.807) is 12.1 Å². The fourth-order valence-corrected chi connectivity index (χ4v) is 4.13. The summed E-state index contributed by atoms with van der Waals surface area (Å²) in [5.41, 5.74) is 2.61. The number of benzene rings is 4. The Morgan fingerprint density at radius 2 is 1.58 bits per heavy atom. The van der Waals surface area contributed by atoms with Gasteiger partial charge in [-0.2, -0.15) is 0 Å². The van der Waals surface area contributed by atoms with Gasteiger partial charge in [0.1, 0.15) is 17.2 Å². The lowest BCUT2D eigenvalue weighted by molar-refractivity contribution is 0.0793. The largest absolute Gasteiger partial charge is 0.508 e. The SMILES string of the molecule is O=C(c1ccc(-c2ccc3cc(O)ccc3c2Oc2ccccc2)cc1)N1CCCC1. The second-order valence-corrected chi connectivity index (χ2v) is 7.84. The second-order valence-electron chi connectivity index (χ2n) is 7.84. The van der Waals surface area contributed by atoms with Crippen LogP contribution in [0.4, 0.5) is 0 Å². The van der Waals surface area contributed by atoms with Crippen LogP contribution in [0, 0.1) is 0 Å². The van der Waals surface area contributed by atoms with E-state index in [0.717, 1.165) is 59.3 Å². The molecule has 0 spiro atoms. The average molecular weight is 409 g/mol. The highest BCUT2D eigenvalue weighted by Gasteiger charge is 2.20. The van der Waals surface area contributed by atoms with Gasteiger partial charge < -0.3 is 14.7 Å². The van der Waals surface area contributed by atoms with E-state index in [9.17, 15) is 9.90 Å². The number of carbonyl (C=O) groups excluding carboxylic acids is 1. The first-order valence-corrected chi connectivity index (χ1v) is 10.6. The van der Waals surface area contributed by atoms with Crippen molar-refractivity contribution in [3.8, 4) is 28.4 Å². The van der Waals surface area contributed by atoms with Gasteiger partial charge in [-0.25, -0.2) is 0 Å². The highest BCUT2D eigenvalue weighted by Crippen LogP contribution is 2.40. The van der Waals surface area contributed by atoms with Gasteiger partial charge in [-0.3, -0.25) is 4.79 Å². The third-order valence-corrected chi connectivity index (χ3v) is 5.75. The Kier molecular flexibility index (Phi) is 5.04. The maximum atomic E-state index is 12.7. The summed E-state index contributed by atoms with van der Waals surface area (Å²) in [6.07, 6.45) is 2.16. The Labute approximate surface area is 181 Å². The summed E-state index contributed by atoms with van der Waals surface area (Å²) in [6, 6.07) is 26.6. The predicted octanol–water partition coefficient (Wildman–Crippen LogP) is 6.24. The lowest BCUT2D eigenvalue weighted by Crippen LogP contribution is -2.27. The summed E-state index contributed by atoms with van der Waals surface area (Å²) in [5.74, 6) is 1.78. The number of hydrogen-bond acceptors (Lipinski definition) is 3. The van der Waals surface area contributed by atoms with E-state index in [4.69, 9.17) is 4.74 Å². The van der Waals surface area contributed by atoms with Crippen LogP contribution in [-0.4, -0.2) is 29.0 Å². The van der Waals surface area contributed by atoms with E-state index in [2.05, 4.69) is 0 Å². The molecule has 0 radical (unpaired) electrons. The van der Waals surface area contributed by atoms with Crippen molar-refractivity contribution in [2.45, 2.75) is 12.8 Å². The second kappa shape index (κ2) is 8.15. The molecule has 0 atom stereocenters. The fourth-order valence-electron chi connectivity index (χ4n) is 4.13. The van der Waals surface area contributed by atoms with E-state index in [0.29, 0.717) is 5.56 Å². The van der Waals surface area contributed by atoms with Crippen LogP contribution in [0.15, 0.2) is 84.9 Å². The Balaban J connectivity index is 1.56. The molecule has 154 valence electrons. The molecule has 31 heavy (non-hydrogen) atoms. The van der Waals surface area contributed by atoms with Crippen molar-refractivity contribution < 1.29 is 14.6 Å². The Hall–Kier alpha value is -3.79. The molecule has 0 bridgehead atoms. The molecule has 0 saturated carbocycles. The number of phenols is 1. The summed E-state index contributed by atoms with van der Waals surface area (Å²) < 4.78 is 6.32. The number of nitrogens with zero attached hydrogens (tertiary/aromatic N) is 1. The smallest absolute Gasteiger partial charge is 0.253 e. The number of aromatic hydroxyl groups is 1. The molecule has 1 aliphatic rings. The van der Waals surface area contributed by atoms with E-state index < -0.39 is 0 Å². The molecule has 4 nitrogen and oxygen atoms in total. The van der Waals surface area contributed by atoms with Gasteiger partial charge in [0.15, 0.2) is 0 Å². The molecule has 5 rings (SSSR count). The van der Waals surface area contributed by atoms with Crippen molar-refractivity contribution >= 4 is 16.7 Å². The van der Waals surface area contributed by atoms with Gasteiger partial charge in [0.05, 0.1) is 0 Å². The zero-order valence-electron chi connectivity index (χ0n) is 17.1. The molecule has 0 aromatic heterocycles. The molecule has 4 aromatic carbocycles. The molecule has 4 aromatic rings. The summed E-state index contributed by atoms with van der Waals surface area (Å²) in [4.78, 5) is 14.6. The van der Waals surface area contributed by atoms with Crippen LogP contribution in [0.2, 0.25) is 0 Å². The van der Waals surface area contributed by atoms with E-state index in [1.807, 2.05) is 77.7 Å². The number of amides is 1. The number of hydrogen-bond donors (Lipinski definition) is 1. The maximum Gasteiger partial charge on any atom is 0.253 e. The molecular formula is C27H23NO3. The summed E-state index contributed by atoms with van der Waals surface area (Å²) >= 11 is 0. The van der Waals surface area contributed by atoms with Crippen LogP contribution in [-0.2, 0) is 0 Å². The van der Waals surface area contributed by atoms with E-state index >= 15 is 0 Å². The van der Waals surface area contributed by atoms with Gasteiger partial charge in [0.2, 0.25) is 0 Å². The highest BCUT2D eigenvalue weighted by atomic mass is 16.5. The maximum absolute atomic E-state index is 12.7. The molecule has 1 aliphatic heterocycles. The summed E-state index contributed by atoms with van der Waals surface area (Å²) in [7, 11) is 0. The lowest BCUT2D eigenvalue weighted by Gasteiger charge is -2.17. The zero-order valence-corrected chi connectivity index (χ0v) is 17.1. The van der Waals surface area contributed by atoms with E-state index in [1.165, 1.54) is 0 Å². The molecule has 1 amide bonds. The van der Waals surface area contributed by atoms with Crippen LogP contribution in [0.25, 0.3) is 21.9 Å². The Morgan fingerprint density at radius 3 is 2.32 bits per heavy atom. The number of para-hydroxylation sites is 1. The topological polar surface area (TPSA) is 49.8 Å². The molecular weight excluding hydrogens is 386 g/mol. The third-order valence-electron chi connectivity index (χ3n) is 5.75. The van der Waals surface area contributed by atoms with Crippen molar-refractivity contribution in [2.24, 2.45) is 0 Å². The minimum absolute atomic E-state index is 0.0961. The first kappa shape index (κ1) is 19.2. The molecule has 1 heterocycles. The minimum Gasteiger partial charge on any atom is -0.508 e. The molecule has 0 unspecified atom stereocenters.